The number of rotatable bonds is 5. The van der Waals surface area contributed by atoms with Crippen molar-refractivity contribution in [2.45, 2.75) is 11.9 Å². The molecule has 0 N–H and O–H groups in total. The van der Waals surface area contributed by atoms with Crippen LogP contribution in [0.4, 0.5) is 0 Å². The van der Waals surface area contributed by atoms with Gasteiger partial charge < -0.3 is 9.47 Å². The van der Waals surface area contributed by atoms with E-state index in [-0.39, 0.29) is 0 Å². The van der Waals surface area contributed by atoms with E-state index in [9.17, 15) is 0 Å². The smallest absolute Gasteiger partial charge is 0.185 e. The number of aromatic nitrogens is 4. The Hall–Kier alpha value is -2.28. The number of nitrogens with zero attached hydrogens (tertiary/aromatic N) is 4. The van der Waals surface area contributed by atoms with Gasteiger partial charge in [0, 0.05) is 5.56 Å². The number of fused-ring (bicyclic) bond motifs is 1. The molecule has 114 valence electrons. The zero-order chi connectivity index (χ0) is 15.5. The second-order valence-electron chi connectivity index (χ2n) is 4.47. The highest BCUT2D eigenvalue weighted by molar-refractivity contribution is 7.99. The maximum atomic E-state index is 5.34. The van der Waals surface area contributed by atoms with Gasteiger partial charge in [-0.15, -0.1) is 22.0 Å². The van der Waals surface area contributed by atoms with Crippen LogP contribution in [0.3, 0.4) is 0 Å². The Morgan fingerprint density at radius 3 is 2.59 bits per heavy atom. The molecule has 6 nitrogen and oxygen atoms in total. The molecule has 0 saturated carbocycles. The monoisotopic (exact) mass is 316 g/mol. The Morgan fingerprint density at radius 2 is 1.86 bits per heavy atom. The summed E-state index contributed by atoms with van der Waals surface area (Å²) >= 11 is 1.68. The van der Waals surface area contributed by atoms with E-state index in [4.69, 9.17) is 9.47 Å². The second-order valence-corrected chi connectivity index (χ2v) is 5.75. The molecule has 3 aromatic rings. The first-order valence-corrected chi connectivity index (χ1v) is 7.83. The first-order valence-electron chi connectivity index (χ1n) is 6.84. The third-order valence-corrected chi connectivity index (χ3v) is 3.97. The molecule has 0 amide bonds. The lowest BCUT2D eigenvalue weighted by atomic mass is 10.2. The van der Waals surface area contributed by atoms with Crippen molar-refractivity contribution in [2.75, 3.05) is 20.0 Å². The van der Waals surface area contributed by atoms with Crippen molar-refractivity contribution < 1.29 is 9.47 Å². The molecule has 0 unspecified atom stereocenters. The quantitative estimate of drug-likeness (QED) is 0.675. The van der Waals surface area contributed by atoms with Gasteiger partial charge in [0.05, 0.1) is 14.2 Å². The van der Waals surface area contributed by atoms with Crippen molar-refractivity contribution in [3.63, 3.8) is 0 Å². The van der Waals surface area contributed by atoms with Crippen LogP contribution in [-0.4, -0.2) is 39.8 Å². The minimum atomic E-state index is 0.649. The number of ether oxygens (including phenoxy) is 2. The van der Waals surface area contributed by atoms with E-state index in [0.29, 0.717) is 23.0 Å². The highest BCUT2D eigenvalue weighted by atomic mass is 32.2. The molecular formula is C15H16N4O2S. The molecule has 0 spiro atoms. The van der Waals surface area contributed by atoms with Crippen molar-refractivity contribution in [3.05, 3.63) is 30.3 Å². The van der Waals surface area contributed by atoms with Gasteiger partial charge in [0.2, 0.25) is 0 Å². The molecule has 0 atom stereocenters. The van der Waals surface area contributed by atoms with Crippen LogP contribution in [0, 0.1) is 0 Å². The minimum absolute atomic E-state index is 0.649. The summed E-state index contributed by atoms with van der Waals surface area (Å²) in [4.78, 5) is 0. The van der Waals surface area contributed by atoms with Gasteiger partial charge >= 0.3 is 0 Å². The minimum Gasteiger partial charge on any atom is -0.493 e. The SMILES string of the molecule is CCSc1ccc2nnc(-c3ccc(OC)c(OC)c3)n2n1. The predicted molar refractivity (Wildman–Crippen MR) is 85.7 cm³/mol. The molecule has 0 aliphatic rings. The fourth-order valence-electron chi connectivity index (χ4n) is 2.15. The number of hydrogen-bond donors (Lipinski definition) is 0. The fraction of sp³-hybridized carbons (Fsp3) is 0.267. The first kappa shape index (κ1) is 14.6. The van der Waals surface area contributed by atoms with Gasteiger partial charge in [-0.05, 0) is 36.1 Å². The van der Waals surface area contributed by atoms with E-state index in [2.05, 4.69) is 22.2 Å². The maximum absolute atomic E-state index is 5.34. The summed E-state index contributed by atoms with van der Waals surface area (Å²) in [6, 6.07) is 9.51. The largest absolute Gasteiger partial charge is 0.493 e. The van der Waals surface area contributed by atoms with Crippen LogP contribution in [0.1, 0.15) is 6.92 Å². The molecule has 7 heteroatoms. The molecule has 2 heterocycles. The molecule has 0 radical (unpaired) electrons. The predicted octanol–water partition coefficient (Wildman–Crippen LogP) is 2.92. The summed E-state index contributed by atoms with van der Waals surface area (Å²) in [5, 5.41) is 13.9. The van der Waals surface area contributed by atoms with Crippen LogP contribution in [0.15, 0.2) is 35.4 Å². The normalized spacial score (nSPS) is 10.9. The first-order chi connectivity index (χ1) is 10.8. The maximum Gasteiger partial charge on any atom is 0.185 e. The number of methoxy groups -OCH3 is 2. The summed E-state index contributed by atoms with van der Waals surface area (Å²) < 4.78 is 12.4. The van der Waals surface area contributed by atoms with Gasteiger partial charge in [0.1, 0.15) is 5.03 Å². The molecule has 1 aromatic carbocycles. The van der Waals surface area contributed by atoms with Gasteiger partial charge in [-0.3, -0.25) is 0 Å². The van der Waals surface area contributed by atoms with Crippen molar-refractivity contribution in [3.8, 4) is 22.9 Å². The summed E-state index contributed by atoms with van der Waals surface area (Å²) in [6.45, 7) is 2.10. The van der Waals surface area contributed by atoms with Crippen molar-refractivity contribution in [1.29, 1.82) is 0 Å². The molecule has 0 aliphatic heterocycles. The van der Waals surface area contributed by atoms with Gasteiger partial charge in [0.15, 0.2) is 23.0 Å². The van der Waals surface area contributed by atoms with E-state index in [1.54, 1.807) is 30.5 Å². The van der Waals surface area contributed by atoms with Crippen LogP contribution in [-0.2, 0) is 0 Å². The van der Waals surface area contributed by atoms with Gasteiger partial charge in [0.25, 0.3) is 0 Å². The summed E-state index contributed by atoms with van der Waals surface area (Å²) in [5.74, 6) is 2.97. The molecule has 0 aliphatic carbocycles. The fourth-order valence-corrected chi connectivity index (χ4v) is 2.75. The topological polar surface area (TPSA) is 61.5 Å². The zero-order valence-corrected chi connectivity index (χ0v) is 13.4. The number of thioether (sulfide) groups is 1. The highest BCUT2D eigenvalue weighted by Gasteiger charge is 2.13. The molecule has 2 aromatic heterocycles. The third-order valence-electron chi connectivity index (χ3n) is 3.17. The van der Waals surface area contributed by atoms with Crippen LogP contribution < -0.4 is 9.47 Å². The van der Waals surface area contributed by atoms with E-state index in [1.165, 1.54) is 0 Å². The molecule has 0 bridgehead atoms. The van der Waals surface area contributed by atoms with E-state index in [1.807, 2.05) is 30.3 Å². The van der Waals surface area contributed by atoms with E-state index < -0.39 is 0 Å². The lowest BCUT2D eigenvalue weighted by Gasteiger charge is -2.08. The average molecular weight is 316 g/mol. The van der Waals surface area contributed by atoms with Crippen LogP contribution in [0.5, 0.6) is 11.5 Å². The Morgan fingerprint density at radius 1 is 1.05 bits per heavy atom. The Balaban J connectivity index is 2.11. The van der Waals surface area contributed by atoms with Crippen LogP contribution in [0.2, 0.25) is 0 Å². The van der Waals surface area contributed by atoms with E-state index in [0.717, 1.165) is 16.3 Å². The van der Waals surface area contributed by atoms with Crippen LogP contribution in [0.25, 0.3) is 17.0 Å². The third kappa shape index (κ3) is 2.59. The van der Waals surface area contributed by atoms with Gasteiger partial charge in [-0.1, -0.05) is 6.92 Å². The zero-order valence-electron chi connectivity index (χ0n) is 12.6. The second kappa shape index (κ2) is 6.23. The highest BCUT2D eigenvalue weighted by Crippen LogP contribution is 2.31. The summed E-state index contributed by atoms with van der Waals surface area (Å²) in [5.41, 5.74) is 1.58. The summed E-state index contributed by atoms with van der Waals surface area (Å²) in [6.07, 6.45) is 0. The van der Waals surface area contributed by atoms with Crippen molar-refractivity contribution in [2.24, 2.45) is 0 Å². The Labute approximate surface area is 132 Å². The Kier molecular flexibility index (Phi) is 4.15. The van der Waals surface area contributed by atoms with E-state index >= 15 is 0 Å². The number of hydrogen-bond acceptors (Lipinski definition) is 6. The standard InChI is InChI=1S/C15H16N4O2S/c1-4-22-14-8-7-13-16-17-15(19(13)18-14)10-5-6-11(20-2)12(9-10)21-3/h5-9H,4H2,1-3H3. The van der Waals surface area contributed by atoms with Gasteiger partial charge in [-0.2, -0.15) is 9.61 Å². The molecular weight excluding hydrogens is 300 g/mol. The lowest BCUT2D eigenvalue weighted by molar-refractivity contribution is 0.355. The van der Waals surface area contributed by atoms with Crippen LogP contribution >= 0.6 is 11.8 Å². The number of benzene rings is 1. The van der Waals surface area contributed by atoms with Crippen molar-refractivity contribution >= 4 is 17.4 Å². The lowest BCUT2D eigenvalue weighted by Crippen LogP contribution is -1.97. The molecule has 3 rings (SSSR count). The van der Waals surface area contributed by atoms with Crippen molar-refractivity contribution in [1.82, 2.24) is 19.8 Å². The Bertz CT molecular complexity index is 803. The molecule has 0 fully saturated rings. The average Bonchev–Trinajstić information content (AvgIpc) is 2.97. The molecule has 0 saturated heterocycles. The summed E-state index contributed by atoms with van der Waals surface area (Å²) in [7, 11) is 3.22. The molecule has 22 heavy (non-hydrogen) atoms. The van der Waals surface area contributed by atoms with Gasteiger partial charge in [-0.25, -0.2) is 0 Å².